The third-order valence-corrected chi connectivity index (χ3v) is 3.25. The van der Waals surface area contributed by atoms with Crippen molar-refractivity contribution in [2.45, 2.75) is 52.5 Å². The first-order chi connectivity index (χ1) is 9.06. The first kappa shape index (κ1) is 15.5. The third kappa shape index (κ3) is 5.33. The number of nitrogens with one attached hydrogen (secondary N) is 1. The minimum absolute atomic E-state index is 0.0522. The zero-order valence-electron chi connectivity index (χ0n) is 12.4. The first-order valence-corrected chi connectivity index (χ1v) is 7.08. The average molecular weight is 263 g/mol. The molecular weight excluding hydrogens is 238 g/mol. The van der Waals surface area contributed by atoms with Crippen LogP contribution in [0.1, 0.15) is 52.0 Å². The molecular formula is C16H25NO2. The van der Waals surface area contributed by atoms with E-state index >= 15 is 0 Å². The summed E-state index contributed by atoms with van der Waals surface area (Å²) in [5, 5.41) is 2.96. The Morgan fingerprint density at radius 2 is 1.95 bits per heavy atom. The molecule has 0 aliphatic rings. The monoisotopic (exact) mass is 263 g/mol. The van der Waals surface area contributed by atoms with E-state index in [9.17, 15) is 4.79 Å². The van der Waals surface area contributed by atoms with Crippen molar-refractivity contribution in [3.05, 3.63) is 29.8 Å². The van der Waals surface area contributed by atoms with Crippen LogP contribution in [0.15, 0.2) is 24.3 Å². The van der Waals surface area contributed by atoms with Crippen LogP contribution in [0.3, 0.4) is 0 Å². The molecule has 0 radical (unpaired) electrons. The van der Waals surface area contributed by atoms with Crippen LogP contribution in [0.4, 0.5) is 0 Å². The normalized spacial score (nSPS) is 10.8. The highest BCUT2D eigenvalue weighted by Gasteiger charge is 2.09. The fourth-order valence-electron chi connectivity index (χ4n) is 1.87. The predicted molar refractivity (Wildman–Crippen MR) is 78.5 cm³/mol. The number of hydrogen-bond donors (Lipinski definition) is 1. The second-order valence-corrected chi connectivity index (χ2v) is 5.10. The number of carbonyl (C=O) groups is 1. The lowest BCUT2D eigenvalue weighted by Crippen LogP contribution is -2.37. The lowest BCUT2D eigenvalue weighted by molar-refractivity contribution is -0.123. The molecule has 0 heterocycles. The number of rotatable bonds is 7. The topological polar surface area (TPSA) is 38.3 Å². The van der Waals surface area contributed by atoms with E-state index in [2.05, 4.69) is 39.1 Å². The van der Waals surface area contributed by atoms with Gasteiger partial charge in [-0.05, 0) is 36.5 Å². The minimum Gasteiger partial charge on any atom is -0.484 e. The summed E-state index contributed by atoms with van der Waals surface area (Å²) in [6.45, 7) is 8.50. The molecule has 1 aromatic rings. The summed E-state index contributed by atoms with van der Waals surface area (Å²) < 4.78 is 5.54. The first-order valence-electron chi connectivity index (χ1n) is 7.08. The summed E-state index contributed by atoms with van der Waals surface area (Å²) in [6, 6.07) is 8.16. The van der Waals surface area contributed by atoms with E-state index in [4.69, 9.17) is 4.74 Å². The van der Waals surface area contributed by atoms with Gasteiger partial charge in [0.15, 0.2) is 6.61 Å². The van der Waals surface area contributed by atoms with E-state index in [-0.39, 0.29) is 18.6 Å². The highest BCUT2D eigenvalue weighted by molar-refractivity contribution is 5.77. The van der Waals surface area contributed by atoms with Crippen LogP contribution >= 0.6 is 0 Å². The van der Waals surface area contributed by atoms with Gasteiger partial charge in [0.25, 0.3) is 5.91 Å². The summed E-state index contributed by atoms with van der Waals surface area (Å²) in [6.07, 6.45) is 1.90. The number of hydrogen-bond acceptors (Lipinski definition) is 2. The van der Waals surface area contributed by atoms with Crippen LogP contribution in [0.2, 0.25) is 0 Å². The van der Waals surface area contributed by atoms with Crippen molar-refractivity contribution < 1.29 is 9.53 Å². The number of amides is 1. The van der Waals surface area contributed by atoms with Gasteiger partial charge in [-0.2, -0.15) is 0 Å². The molecule has 3 heteroatoms. The Morgan fingerprint density at radius 3 is 2.53 bits per heavy atom. The molecule has 0 unspecified atom stereocenters. The molecule has 0 fully saturated rings. The van der Waals surface area contributed by atoms with Gasteiger partial charge in [0.2, 0.25) is 0 Å². The van der Waals surface area contributed by atoms with E-state index in [0.717, 1.165) is 18.6 Å². The van der Waals surface area contributed by atoms with Crippen molar-refractivity contribution in [3.8, 4) is 5.75 Å². The Balaban J connectivity index is 2.48. The molecule has 1 N–H and O–H groups in total. The van der Waals surface area contributed by atoms with Crippen molar-refractivity contribution in [1.82, 2.24) is 5.32 Å². The third-order valence-electron chi connectivity index (χ3n) is 3.25. The van der Waals surface area contributed by atoms with Crippen molar-refractivity contribution in [3.63, 3.8) is 0 Å². The summed E-state index contributed by atoms with van der Waals surface area (Å²) in [5.41, 5.74) is 1.22. The quantitative estimate of drug-likeness (QED) is 0.817. The zero-order chi connectivity index (χ0) is 14.3. The largest absolute Gasteiger partial charge is 0.484 e. The molecule has 0 saturated carbocycles. The number of ether oxygens (including phenoxy) is 1. The molecule has 1 rings (SSSR count). The van der Waals surface area contributed by atoms with E-state index in [0.29, 0.717) is 5.92 Å². The van der Waals surface area contributed by atoms with Crippen molar-refractivity contribution in [1.29, 1.82) is 0 Å². The molecule has 0 spiro atoms. The van der Waals surface area contributed by atoms with Gasteiger partial charge in [-0.1, -0.05) is 39.8 Å². The number of carbonyl (C=O) groups excluding carboxylic acids is 1. The van der Waals surface area contributed by atoms with Crippen LogP contribution in [0.25, 0.3) is 0 Å². The van der Waals surface area contributed by atoms with Gasteiger partial charge in [-0.15, -0.1) is 0 Å². The Kier molecular flexibility index (Phi) is 6.40. The van der Waals surface area contributed by atoms with Crippen LogP contribution < -0.4 is 10.1 Å². The summed E-state index contributed by atoms with van der Waals surface area (Å²) in [7, 11) is 0. The zero-order valence-corrected chi connectivity index (χ0v) is 12.4. The molecule has 1 aromatic carbocycles. The molecule has 0 atom stereocenters. The Labute approximate surface area is 116 Å². The van der Waals surface area contributed by atoms with Crippen LogP contribution in [-0.2, 0) is 4.79 Å². The fraction of sp³-hybridized carbons (Fsp3) is 0.562. The van der Waals surface area contributed by atoms with Crippen LogP contribution in [0, 0.1) is 0 Å². The summed E-state index contributed by atoms with van der Waals surface area (Å²) >= 11 is 0. The van der Waals surface area contributed by atoms with Crippen LogP contribution in [0.5, 0.6) is 5.75 Å². The summed E-state index contributed by atoms with van der Waals surface area (Å²) in [4.78, 5) is 11.7. The minimum atomic E-state index is -0.0522. The van der Waals surface area contributed by atoms with E-state index in [1.807, 2.05) is 18.2 Å². The van der Waals surface area contributed by atoms with Crippen molar-refractivity contribution in [2.75, 3.05) is 6.61 Å². The maximum absolute atomic E-state index is 11.7. The van der Waals surface area contributed by atoms with E-state index < -0.39 is 0 Å². The van der Waals surface area contributed by atoms with E-state index in [1.54, 1.807) is 0 Å². The summed E-state index contributed by atoms with van der Waals surface area (Å²) in [5.74, 6) is 1.16. The standard InChI is InChI=1S/C16H25NO2/c1-5-14(6-2)17-16(18)11-19-15-9-7-8-13(10-15)12(3)4/h7-10,12,14H,5-6,11H2,1-4H3,(H,17,18). The second kappa shape index (κ2) is 7.82. The lowest BCUT2D eigenvalue weighted by atomic mass is 10.0. The highest BCUT2D eigenvalue weighted by Crippen LogP contribution is 2.19. The smallest absolute Gasteiger partial charge is 0.258 e. The van der Waals surface area contributed by atoms with Gasteiger partial charge < -0.3 is 10.1 Å². The maximum Gasteiger partial charge on any atom is 0.258 e. The predicted octanol–water partition coefficient (Wildman–Crippen LogP) is 3.49. The second-order valence-electron chi connectivity index (χ2n) is 5.10. The van der Waals surface area contributed by atoms with Gasteiger partial charge in [-0.3, -0.25) is 4.79 Å². The molecule has 19 heavy (non-hydrogen) atoms. The molecule has 0 aliphatic carbocycles. The lowest BCUT2D eigenvalue weighted by Gasteiger charge is -2.15. The molecule has 0 aliphatic heterocycles. The molecule has 3 nitrogen and oxygen atoms in total. The molecule has 0 bridgehead atoms. The molecule has 106 valence electrons. The number of benzene rings is 1. The maximum atomic E-state index is 11.7. The Hall–Kier alpha value is -1.51. The van der Waals surface area contributed by atoms with Gasteiger partial charge in [-0.25, -0.2) is 0 Å². The van der Waals surface area contributed by atoms with Gasteiger partial charge in [0, 0.05) is 6.04 Å². The van der Waals surface area contributed by atoms with Gasteiger partial charge in [0.1, 0.15) is 5.75 Å². The molecule has 1 amide bonds. The highest BCUT2D eigenvalue weighted by atomic mass is 16.5. The van der Waals surface area contributed by atoms with Gasteiger partial charge >= 0.3 is 0 Å². The van der Waals surface area contributed by atoms with Crippen molar-refractivity contribution in [2.24, 2.45) is 0 Å². The van der Waals surface area contributed by atoms with Crippen LogP contribution in [-0.4, -0.2) is 18.6 Å². The Morgan fingerprint density at radius 1 is 1.26 bits per heavy atom. The average Bonchev–Trinajstić information content (AvgIpc) is 2.42. The molecule has 0 saturated heterocycles. The fourth-order valence-corrected chi connectivity index (χ4v) is 1.87. The Bertz CT molecular complexity index is 397. The van der Waals surface area contributed by atoms with Gasteiger partial charge in [0.05, 0.1) is 0 Å². The molecule has 0 aromatic heterocycles. The SMILES string of the molecule is CCC(CC)NC(=O)COc1cccc(C(C)C)c1. The van der Waals surface area contributed by atoms with Crippen molar-refractivity contribution >= 4 is 5.91 Å². The van der Waals surface area contributed by atoms with E-state index in [1.165, 1.54) is 5.56 Å².